The Kier molecular flexibility index (Phi) is 4.77. The summed E-state index contributed by atoms with van der Waals surface area (Å²) in [6.07, 6.45) is 12.2. The van der Waals surface area contributed by atoms with Gasteiger partial charge in [-0.3, -0.25) is 9.48 Å². The molecule has 4 bridgehead atoms. The molecule has 1 aliphatic heterocycles. The van der Waals surface area contributed by atoms with Crippen LogP contribution in [-0.4, -0.2) is 59.5 Å². The van der Waals surface area contributed by atoms with E-state index in [1.54, 1.807) is 7.05 Å². The van der Waals surface area contributed by atoms with Gasteiger partial charge >= 0.3 is 0 Å². The minimum absolute atomic E-state index is 0.230. The highest BCUT2D eigenvalue weighted by Crippen LogP contribution is 2.61. The Morgan fingerprint density at radius 1 is 1.07 bits per heavy atom. The van der Waals surface area contributed by atoms with E-state index in [0.717, 1.165) is 17.8 Å². The van der Waals surface area contributed by atoms with E-state index < -0.39 is 10.0 Å². The topological polar surface area (TPSA) is 75.5 Å². The van der Waals surface area contributed by atoms with Crippen LogP contribution in [0, 0.1) is 23.2 Å². The van der Waals surface area contributed by atoms with E-state index in [1.165, 1.54) is 59.9 Å². The molecule has 1 aromatic heterocycles. The van der Waals surface area contributed by atoms with Gasteiger partial charge in [0.15, 0.2) is 0 Å². The summed E-state index contributed by atoms with van der Waals surface area (Å²) in [6, 6.07) is 0. The van der Waals surface area contributed by atoms with Crippen molar-refractivity contribution in [2.75, 3.05) is 26.2 Å². The van der Waals surface area contributed by atoms with Gasteiger partial charge in [0.2, 0.25) is 15.9 Å². The van der Waals surface area contributed by atoms with Gasteiger partial charge in [0.25, 0.3) is 0 Å². The molecule has 5 fully saturated rings. The molecule has 0 radical (unpaired) electrons. The highest BCUT2D eigenvalue weighted by atomic mass is 32.2. The molecule has 4 saturated carbocycles. The maximum atomic E-state index is 13.2. The van der Waals surface area contributed by atoms with E-state index >= 15 is 0 Å². The fraction of sp³-hybridized carbons (Fsp3) is 0.810. The largest absolute Gasteiger partial charge is 0.341 e. The standard InChI is InChI=1S/C21H32N4O3S/c1-23-15-19(14-22-23)29(27,28)25-4-2-3-24(5-6-25)20(26)13-21-10-16-7-17(11-21)9-18(8-16)12-21/h14-18H,2-13H2,1H3. The van der Waals surface area contributed by atoms with E-state index in [4.69, 9.17) is 0 Å². The van der Waals surface area contributed by atoms with Crippen molar-refractivity contribution in [1.82, 2.24) is 19.0 Å². The summed E-state index contributed by atoms with van der Waals surface area (Å²) in [5, 5.41) is 3.99. The maximum Gasteiger partial charge on any atom is 0.246 e. The van der Waals surface area contributed by atoms with Crippen LogP contribution in [-0.2, 0) is 21.9 Å². The smallest absolute Gasteiger partial charge is 0.246 e. The molecule has 1 aromatic rings. The number of carbonyl (C=O) groups excluding carboxylic acids is 1. The maximum absolute atomic E-state index is 13.2. The normalized spacial score (nSPS) is 35.1. The van der Waals surface area contributed by atoms with Gasteiger partial charge in [-0.2, -0.15) is 9.40 Å². The molecule has 8 heteroatoms. The molecular weight excluding hydrogens is 388 g/mol. The molecule has 6 rings (SSSR count). The molecule has 0 unspecified atom stereocenters. The molecule has 7 nitrogen and oxygen atoms in total. The molecule has 1 saturated heterocycles. The third kappa shape index (κ3) is 3.63. The van der Waals surface area contributed by atoms with Gasteiger partial charge in [-0.15, -0.1) is 0 Å². The van der Waals surface area contributed by atoms with Gasteiger partial charge in [0, 0.05) is 45.8 Å². The van der Waals surface area contributed by atoms with Crippen LogP contribution < -0.4 is 0 Å². The summed E-state index contributed by atoms with van der Waals surface area (Å²) in [5.41, 5.74) is 0.236. The van der Waals surface area contributed by atoms with Crippen molar-refractivity contribution in [3.05, 3.63) is 12.4 Å². The summed E-state index contributed by atoms with van der Waals surface area (Å²) in [7, 11) is -1.83. The first-order valence-corrected chi connectivity index (χ1v) is 12.5. The number of aryl methyl sites for hydroxylation is 1. The summed E-state index contributed by atoms with van der Waals surface area (Å²) < 4.78 is 28.8. The van der Waals surface area contributed by atoms with Gasteiger partial charge in [-0.1, -0.05) is 0 Å². The van der Waals surface area contributed by atoms with Crippen molar-refractivity contribution in [3.8, 4) is 0 Å². The number of hydrogen-bond donors (Lipinski definition) is 0. The number of sulfonamides is 1. The Morgan fingerprint density at radius 2 is 1.72 bits per heavy atom. The third-order valence-corrected chi connectivity index (χ3v) is 9.67. The summed E-state index contributed by atoms with van der Waals surface area (Å²) in [4.78, 5) is 15.4. The number of hydrogen-bond acceptors (Lipinski definition) is 4. The molecule has 160 valence electrons. The van der Waals surface area contributed by atoms with Crippen molar-refractivity contribution >= 4 is 15.9 Å². The molecule has 2 heterocycles. The van der Waals surface area contributed by atoms with Crippen molar-refractivity contribution in [2.45, 2.75) is 56.3 Å². The van der Waals surface area contributed by atoms with Crippen LogP contribution in [0.4, 0.5) is 0 Å². The molecule has 0 N–H and O–H groups in total. The molecule has 0 aromatic carbocycles. The lowest BCUT2D eigenvalue weighted by Crippen LogP contribution is -2.48. The second-order valence-corrected chi connectivity index (χ2v) is 12.0. The van der Waals surface area contributed by atoms with Crippen LogP contribution in [0.15, 0.2) is 17.3 Å². The molecule has 4 aliphatic carbocycles. The zero-order valence-electron chi connectivity index (χ0n) is 17.3. The third-order valence-electron chi connectivity index (χ3n) is 7.82. The molecule has 5 aliphatic rings. The van der Waals surface area contributed by atoms with E-state index in [-0.39, 0.29) is 16.2 Å². The first-order chi connectivity index (χ1) is 13.8. The summed E-state index contributed by atoms with van der Waals surface area (Å²) >= 11 is 0. The van der Waals surface area contributed by atoms with Crippen molar-refractivity contribution in [3.63, 3.8) is 0 Å². The average Bonchev–Trinajstić information content (AvgIpc) is 2.93. The zero-order chi connectivity index (χ0) is 20.2. The van der Waals surface area contributed by atoms with Crippen LogP contribution in [0.25, 0.3) is 0 Å². The summed E-state index contributed by atoms with van der Waals surface area (Å²) in [5.74, 6) is 2.78. The highest BCUT2D eigenvalue weighted by Gasteiger charge is 2.51. The lowest BCUT2D eigenvalue weighted by atomic mass is 9.49. The Morgan fingerprint density at radius 3 is 2.31 bits per heavy atom. The average molecular weight is 421 g/mol. The highest BCUT2D eigenvalue weighted by molar-refractivity contribution is 7.89. The van der Waals surface area contributed by atoms with Crippen molar-refractivity contribution in [2.24, 2.45) is 30.2 Å². The van der Waals surface area contributed by atoms with E-state index in [0.29, 0.717) is 39.0 Å². The monoisotopic (exact) mass is 420 g/mol. The first kappa shape index (κ1) is 19.5. The summed E-state index contributed by atoms with van der Waals surface area (Å²) in [6.45, 7) is 1.97. The number of nitrogens with zero attached hydrogens (tertiary/aromatic N) is 4. The fourth-order valence-corrected chi connectivity index (χ4v) is 8.46. The van der Waals surface area contributed by atoms with E-state index in [2.05, 4.69) is 5.10 Å². The lowest BCUT2D eigenvalue weighted by Gasteiger charge is -2.57. The number of carbonyl (C=O) groups is 1. The number of rotatable bonds is 4. The van der Waals surface area contributed by atoms with E-state index in [9.17, 15) is 13.2 Å². The number of aromatic nitrogens is 2. The fourth-order valence-electron chi connectivity index (χ4n) is 7.00. The van der Waals surface area contributed by atoms with Crippen LogP contribution in [0.1, 0.15) is 51.4 Å². The lowest BCUT2D eigenvalue weighted by molar-refractivity contribution is -0.139. The number of amides is 1. The Hall–Kier alpha value is -1.41. The van der Waals surface area contributed by atoms with Gasteiger partial charge in [-0.25, -0.2) is 8.42 Å². The van der Waals surface area contributed by atoms with Crippen molar-refractivity contribution in [1.29, 1.82) is 0 Å². The van der Waals surface area contributed by atoms with Gasteiger partial charge in [0.1, 0.15) is 4.90 Å². The van der Waals surface area contributed by atoms with E-state index in [1.807, 2.05) is 4.90 Å². The zero-order valence-corrected chi connectivity index (χ0v) is 18.1. The van der Waals surface area contributed by atoms with Crippen molar-refractivity contribution < 1.29 is 13.2 Å². The molecule has 0 atom stereocenters. The van der Waals surface area contributed by atoms with Gasteiger partial charge < -0.3 is 4.90 Å². The van der Waals surface area contributed by atoms with Crippen LogP contribution in [0.2, 0.25) is 0 Å². The minimum atomic E-state index is -3.55. The Bertz CT molecular complexity index is 858. The van der Waals surface area contributed by atoms with Crippen LogP contribution >= 0.6 is 0 Å². The van der Waals surface area contributed by atoms with Gasteiger partial charge in [-0.05, 0) is 68.1 Å². The Labute approximate surface area is 173 Å². The second kappa shape index (κ2) is 7.08. The molecule has 0 spiro atoms. The first-order valence-electron chi connectivity index (χ1n) is 11.1. The second-order valence-electron chi connectivity index (χ2n) is 10.1. The Balaban J connectivity index is 1.24. The van der Waals surface area contributed by atoms with Crippen LogP contribution in [0.3, 0.4) is 0 Å². The predicted octanol–water partition coefficient (Wildman–Crippen LogP) is 2.25. The molecule has 1 amide bonds. The van der Waals surface area contributed by atoms with Gasteiger partial charge in [0.05, 0.1) is 6.20 Å². The minimum Gasteiger partial charge on any atom is -0.341 e. The quantitative estimate of drug-likeness (QED) is 0.749. The molecular formula is C21H32N4O3S. The predicted molar refractivity (Wildman–Crippen MR) is 108 cm³/mol. The molecule has 29 heavy (non-hydrogen) atoms. The van der Waals surface area contributed by atoms with Crippen LogP contribution in [0.5, 0.6) is 0 Å². The SMILES string of the molecule is Cn1cc(S(=O)(=O)N2CCCN(C(=O)CC34CC5CC(CC(C5)C3)C4)CC2)cn1.